The zero-order valence-corrected chi connectivity index (χ0v) is 15.2. The van der Waals surface area contributed by atoms with Gasteiger partial charge in [-0.15, -0.1) is 0 Å². The molecule has 0 aliphatic rings. The first-order chi connectivity index (χ1) is 12.2. The summed E-state index contributed by atoms with van der Waals surface area (Å²) in [7, 11) is -3.84. The first-order valence-electron chi connectivity index (χ1n) is 7.85. The van der Waals surface area contributed by atoms with Crippen LogP contribution in [0.4, 0.5) is 0 Å². The van der Waals surface area contributed by atoms with Gasteiger partial charge < -0.3 is 10.5 Å². The van der Waals surface area contributed by atoms with E-state index in [2.05, 4.69) is 4.72 Å². The number of carbonyl (C=O) groups excluding carboxylic acids is 2. The summed E-state index contributed by atoms with van der Waals surface area (Å²) in [6, 6.07) is 13.2. The first kappa shape index (κ1) is 19.6. The Morgan fingerprint density at radius 3 is 2.42 bits per heavy atom. The second-order valence-corrected chi connectivity index (χ2v) is 7.48. The van der Waals surface area contributed by atoms with E-state index < -0.39 is 28.0 Å². The maximum atomic E-state index is 12.6. The van der Waals surface area contributed by atoms with Crippen molar-refractivity contribution in [3.63, 3.8) is 0 Å². The lowest BCUT2D eigenvalue weighted by Crippen LogP contribution is -2.30. The van der Waals surface area contributed by atoms with E-state index in [1.165, 1.54) is 25.1 Å². The van der Waals surface area contributed by atoms with Crippen LogP contribution in [0, 0.1) is 6.92 Å². The number of primary amides is 1. The molecular weight excluding hydrogens is 356 g/mol. The smallest absolute Gasteiger partial charge is 0.338 e. The number of ether oxygens (including phenoxy) is 1. The van der Waals surface area contributed by atoms with Crippen molar-refractivity contribution in [3.8, 4) is 0 Å². The Bertz CT molecular complexity index is 910. The Labute approximate surface area is 152 Å². The van der Waals surface area contributed by atoms with Crippen molar-refractivity contribution in [2.45, 2.75) is 31.4 Å². The molecule has 138 valence electrons. The first-order valence-corrected chi connectivity index (χ1v) is 9.33. The van der Waals surface area contributed by atoms with Gasteiger partial charge in [0.15, 0.2) is 6.10 Å². The van der Waals surface area contributed by atoms with E-state index in [4.69, 9.17) is 10.5 Å². The van der Waals surface area contributed by atoms with Crippen molar-refractivity contribution in [1.82, 2.24) is 4.72 Å². The summed E-state index contributed by atoms with van der Waals surface area (Å²) < 4.78 is 32.6. The quantitative estimate of drug-likeness (QED) is 0.711. The summed E-state index contributed by atoms with van der Waals surface area (Å²) in [5, 5.41) is 0. The van der Waals surface area contributed by atoms with Crippen LogP contribution >= 0.6 is 0 Å². The zero-order chi connectivity index (χ0) is 19.3. The van der Waals surface area contributed by atoms with E-state index in [9.17, 15) is 18.0 Å². The molecular formula is C18H20N2O5S. The van der Waals surface area contributed by atoms with Crippen LogP contribution in [0.3, 0.4) is 0 Å². The number of esters is 1. The van der Waals surface area contributed by atoms with Gasteiger partial charge in [0.2, 0.25) is 10.0 Å². The summed E-state index contributed by atoms with van der Waals surface area (Å²) in [6.45, 7) is 3.09. The van der Waals surface area contributed by atoms with Gasteiger partial charge in [-0.25, -0.2) is 17.9 Å². The summed E-state index contributed by atoms with van der Waals surface area (Å²) in [5.74, 6) is -1.61. The number of nitrogens with one attached hydrogen (secondary N) is 1. The van der Waals surface area contributed by atoms with Crippen molar-refractivity contribution in [2.75, 3.05) is 0 Å². The average Bonchev–Trinajstić information content (AvgIpc) is 2.61. The van der Waals surface area contributed by atoms with Crippen molar-refractivity contribution < 1.29 is 22.7 Å². The molecule has 8 heteroatoms. The van der Waals surface area contributed by atoms with Crippen molar-refractivity contribution in [3.05, 3.63) is 65.2 Å². The lowest BCUT2D eigenvalue weighted by Gasteiger charge is -2.13. The number of carbonyl (C=O) groups is 2. The predicted octanol–water partition coefficient (Wildman–Crippen LogP) is 1.50. The van der Waals surface area contributed by atoms with Gasteiger partial charge in [-0.05, 0) is 37.1 Å². The number of amides is 1. The van der Waals surface area contributed by atoms with Crippen molar-refractivity contribution in [1.29, 1.82) is 0 Å². The van der Waals surface area contributed by atoms with Crippen LogP contribution in [0.25, 0.3) is 0 Å². The molecule has 26 heavy (non-hydrogen) atoms. The number of sulfonamides is 1. The Hall–Kier alpha value is -2.71. The van der Waals surface area contributed by atoms with Gasteiger partial charge in [0.25, 0.3) is 5.91 Å². The minimum absolute atomic E-state index is 0.0174. The Kier molecular flexibility index (Phi) is 6.12. The molecule has 2 aromatic carbocycles. The van der Waals surface area contributed by atoms with E-state index >= 15 is 0 Å². The van der Waals surface area contributed by atoms with Gasteiger partial charge in [-0.2, -0.15) is 0 Å². The van der Waals surface area contributed by atoms with Crippen LogP contribution < -0.4 is 10.5 Å². The summed E-state index contributed by atoms with van der Waals surface area (Å²) >= 11 is 0. The standard InChI is InChI=1S/C18H20N2O5S/c1-12-8-9-15(18(22)25-13(2)17(19)21)10-16(12)26(23,24)20-11-14-6-4-3-5-7-14/h3-10,13,20H,11H2,1-2H3,(H2,19,21)/t13-/m0/s1. The van der Waals surface area contributed by atoms with E-state index in [0.717, 1.165) is 5.56 Å². The number of nitrogens with two attached hydrogens (primary N) is 1. The number of hydrogen-bond acceptors (Lipinski definition) is 5. The van der Waals surface area contributed by atoms with Gasteiger partial charge in [-0.3, -0.25) is 4.79 Å². The van der Waals surface area contributed by atoms with Crippen molar-refractivity contribution >= 4 is 21.9 Å². The molecule has 1 atom stereocenters. The highest BCUT2D eigenvalue weighted by atomic mass is 32.2. The van der Waals surface area contributed by atoms with E-state index in [0.29, 0.717) is 5.56 Å². The zero-order valence-electron chi connectivity index (χ0n) is 14.4. The number of rotatable bonds is 7. The fourth-order valence-corrected chi connectivity index (χ4v) is 3.44. The normalized spacial score (nSPS) is 12.4. The predicted molar refractivity (Wildman–Crippen MR) is 95.7 cm³/mol. The van der Waals surface area contributed by atoms with Gasteiger partial charge in [0.05, 0.1) is 10.5 Å². The highest BCUT2D eigenvalue weighted by molar-refractivity contribution is 7.89. The Morgan fingerprint density at radius 1 is 1.15 bits per heavy atom. The Morgan fingerprint density at radius 2 is 1.81 bits per heavy atom. The fraction of sp³-hybridized carbons (Fsp3) is 0.222. The molecule has 1 amide bonds. The molecule has 2 aromatic rings. The summed E-state index contributed by atoms with van der Waals surface area (Å²) in [5.41, 5.74) is 6.36. The summed E-state index contributed by atoms with van der Waals surface area (Å²) in [6.07, 6.45) is -1.11. The Balaban J connectivity index is 2.22. The van der Waals surface area contributed by atoms with Crippen LogP contribution in [0.2, 0.25) is 0 Å². The van der Waals surface area contributed by atoms with Gasteiger partial charge in [-0.1, -0.05) is 36.4 Å². The van der Waals surface area contributed by atoms with E-state index in [1.54, 1.807) is 19.1 Å². The van der Waals surface area contributed by atoms with E-state index in [1.807, 2.05) is 18.2 Å². The van der Waals surface area contributed by atoms with E-state index in [-0.39, 0.29) is 17.0 Å². The molecule has 0 radical (unpaired) electrons. The SMILES string of the molecule is Cc1ccc(C(=O)O[C@@H](C)C(N)=O)cc1S(=O)(=O)NCc1ccccc1. The van der Waals surface area contributed by atoms with Crippen LogP contribution in [-0.4, -0.2) is 26.4 Å². The maximum Gasteiger partial charge on any atom is 0.338 e. The molecule has 0 aliphatic carbocycles. The molecule has 0 saturated carbocycles. The number of hydrogen-bond donors (Lipinski definition) is 2. The average molecular weight is 376 g/mol. The highest BCUT2D eigenvalue weighted by Crippen LogP contribution is 2.18. The molecule has 0 spiro atoms. The molecule has 0 bridgehead atoms. The lowest BCUT2D eigenvalue weighted by molar-refractivity contribution is -0.125. The monoisotopic (exact) mass is 376 g/mol. The van der Waals surface area contributed by atoms with Gasteiger partial charge in [0.1, 0.15) is 0 Å². The second-order valence-electron chi connectivity index (χ2n) is 5.74. The van der Waals surface area contributed by atoms with Gasteiger partial charge >= 0.3 is 5.97 Å². The molecule has 0 heterocycles. The number of aryl methyl sites for hydroxylation is 1. The molecule has 0 aromatic heterocycles. The fourth-order valence-electron chi connectivity index (χ4n) is 2.16. The molecule has 0 saturated heterocycles. The van der Waals surface area contributed by atoms with Crippen LogP contribution in [0.5, 0.6) is 0 Å². The minimum atomic E-state index is -3.84. The largest absolute Gasteiger partial charge is 0.449 e. The molecule has 3 N–H and O–H groups in total. The van der Waals surface area contributed by atoms with Crippen LogP contribution in [0.1, 0.15) is 28.4 Å². The molecule has 2 rings (SSSR count). The topological polar surface area (TPSA) is 116 Å². The van der Waals surface area contributed by atoms with Crippen LogP contribution in [0.15, 0.2) is 53.4 Å². The maximum absolute atomic E-state index is 12.6. The minimum Gasteiger partial charge on any atom is -0.449 e. The second kappa shape index (κ2) is 8.11. The molecule has 0 aliphatic heterocycles. The third-order valence-electron chi connectivity index (χ3n) is 3.71. The molecule has 7 nitrogen and oxygen atoms in total. The van der Waals surface area contributed by atoms with Crippen LogP contribution in [-0.2, 0) is 26.1 Å². The lowest BCUT2D eigenvalue weighted by atomic mass is 10.1. The summed E-state index contributed by atoms with van der Waals surface area (Å²) in [4.78, 5) is 23.1. The van der Waals surface area contributed by atoms with Gasteiger partial charge in [0, 0.05) is 6.54 Å². The third-order valence-corrected chi connectivity index (χ3v) is 5.25. The number of benzene rings is 2. The molecule has 0 fully saturated rings. The molecule has 0 unspecified atom stereocenters. The van der Waals surface area contributed by atoms with Crippen molar-refractivity contribution in [2.24, 2.45) is 5.73 Å². The third kappa shape index (κ3) is 4.90. The highest BCUT2D eigenvalue weighted by Gasteiger charge is 2.21.